The van der Waals surface area contributed by atoms with E-state index in [1.165, 1.54) is 45.1 Å². The van der Waals surface area contributed by atoms with Gasteiger partial charge in [0, 0.05) is 13.2 Å². The monoisotopic (exact) mass is 227 g/mol. The highest BCUT2D eigenvalue weighted by Crippen LogP contribution is 2.15. The molecule has 1 fully saturated rings. The predicted octanol–water partition coefficient (Wildman–Crippen LogP) is 3.22. The molecule has 2 nitrogen and oxygen atoms in total. The Morgan fingerprint density at radius 3 is 2.75 bits per heavy atom. The van der Waals surface area contributed by atoms with Gasteiger partial charge in [0.15, 0.2) is 0 Å². The van der Waals surface area contributed by atoms with Gasteiger partial charge in [-0.25, -0.2) is 0 Å². The van der Waals surface area contributed by atoms with Crippen molar-refractivity contribution in [3.05, 3.63) is 0 Å². The molecular formula is C14H29NO. The lowest BCUT2D eigenvalue weighted by Gasteiger charge is -2.18. The number of unbranched alkanes of at least 4 members (excludes halogenated alkanes) is 1. The highest BCUT2D eigenvalue weighted by Gasteiger charge is 2.15. The first-order chi connectivity index (χ1) is 7.86. The van der Waals surface area contributed by atoms with Crippen molar-refractivity contribution >= 4 is 0 Å². The van der Waals surface area contributed by atoms with E-state index < -0.39 is 0 Å². The molecule has 0 radical (unpaired) electrons. The van der Waals surface area contributed by atoms with Crippen LogP contribution in [-0.2, 0) is 4.74 Å². The summed E-state index contributed by atoms with van der Waals surface area (Å²) in [6.07, 6.45) is 8.07. The first kappa shape index (κ1) is 14.0. The van der Waals surface area contributed by atoms with Gasteiger partial charge in [-0.15, -0.1) is 0 Å². The fourth-order valence-electron chi connectivity index (χ4n) is 2.49. The van der Waals surface area contributed by atoms with Crippen LogP contribution in [-0.4, -0.2) is 26.3 Å². The third kappa shape index (κ3) is 5.86. The molecule has 1 N–H and O–H groups in total. The topological polar surface area (TPSA) is 21.3 Å². The Hall–Kier alpha value is -0.0800. The molecule has 0 spiro atoms. The molecular weight excluding hydrogens is 198 g/mol. The van der Waals surface area contributed by atoms with E-state index in [1.807, 2.05) is 0 Å². The largest absolute Gasteiger partial charge is 0.381 e. The predicted molar refractivity (Wildman–Crippen MR) is 69.7 cm³/mol. The van der Waals surface area contributed by atoms with Gasteiger partial charge in [-0.05, 0) is 37.6 Å². The molecule has 0 aromatic rings. The molecule has 0 bridgehead atoms. The van der Waals surface area contributed by atoms with E-state index in [2.05, 4.69) is 19.2 Å². The van der Waals surface area contributed by atoms with E-state index in [-0.39, 0.29) is 0 Å². The molecule has 1 aliphatic heterocycles. The van der Waals surface area contributed by atoms with E-state index in [9.17, 15) is 0 Å². The van der Waals surface area contributed by atoms with Crippen molar-refractivity contribution in [3.8, 4) is 0 Å². The van der Waals surface area contributed by atoms with Crippen molar-refractivity contribution in [2.24, 2.45) is 11.8 Å². The minimum absolute atomic E-state index is 0.772. The van der Waals surface area contributed by atoms with Crippen molar-refractivity contribution in [3.63, 3.8) is 0 Å². The molecule has 0 aliphatic carbocycles. The molecule has 2 atom stereocenters. The van der Waals surface area contributed by atoms with Gasteiger partial charge in [0.2, 0.25) is 0 Å². The highest BCUT2D eigenvalue weighted by atomic mass is 16.5. The summed E-state index contributed by atoms with van der Waals surface area (Å²) in [5.74, 6) is 1.67. The maximum absolute atomic E-state index is 5.39. The third-order valence-corrected chi connectivity index (χ3v) is 3.55. The average Bonchev–Trinajstić information content (AvgIpc) is 2.79. The molecule has 0 aromatic heterocycles. The van der Waals surface area contributed by atoms with Gasteiger partial charge in [-0.2, -0.15) is 0 Å². The SMILES string of the molecule is CCCCC(CCC)CNCC1CCOC1. The second kappa shape index (κ2) is 9.00. The van der Waals surface area contributed by atoms with Crippen molar-refractivity contribution in [1.82, 2.24) is 5.32 Å². The molecule has 1 saturated heterocycles. The Labute approximate surface area is 101 Å². The lowest BCUT2D eigenvalue weighted by atomic mass is 9.97. The summed E-state index contributed by atoms with van der Waals surface area (Å²) in [6, 6.07) is 0. The van der Waals surface area contributed by atoms with Crippen LogP contribution >= 0.6 is 0 Å². The summed E-state index contributed by atoms with van der Waals surface area (Å²) in [5.41, 5.74) is 0. The van der Waals surface area contributed by atoms with Crippen LogP contribution in [0.1, 0.15) is 52.4 Å². The fourth-order valence-corrected chi connectivity index (χ4v) is 2.49. The summed E-state index contributed by atoms with van der Waals surface area (Å²) < 4.78 is 5.39. The van der Waals surface area contributed by atoms with Crippen LogP contribution in [0.5, 0.6) is 0 Å². The van der Waals surface area contributed by atoms with Crippen molar-refractivity contribution in [2.45, 2.75) is 52.4 Å². The van der Waals surface area contributed by atoms with Crippen molar-refractivity contribution in [2.75, 3.05) is 26.3 Å². The summed E-state index contributed by atoms with van der Waals surface area (Å²) >= 11 is 0. The summed E-state index contributed by atoms with van der Waals surface area (Å²) in [4.78, 5) is 0. The van der Waals surface area contributed by atoms with Gasteiger partial charge >= 0.3 is 0 Å². The molecule has 16 heavy (non-hydrogen) atoms. The zero-order valence-electron chi connectivity index (χ0n) is 11.1. The standard InChI is InChI=1S/C14H29NO/c1-3-5-7-13(6-4-2)10-15-11-14-8-9-16-12-14/h13-15H,3-12H2,1-2H3. The number of rotatable bonds is 9. The molecule has 0 aromatic carbocycles. The fraction of sp³-hybridized carbons (Fsp3) is 1.00. The maximum atomic E-state index is 5.39. The van der Waals surface area contributed by atoms with Gasteiger partial charge in [-0.3, -0.25) is 0 Å². The number of ether oxygens (including phenoxy) is 1. The summed E-state index contributed by atoms with van der Waals surface area (Å²) in [5, 5.41) is 3.64. The van der Waals surface area contributed by atoms with Crippen molar-refractivity contribution < 1.29 is 4.74 Å². The van der Waals surface area contributed by atoms with Gasteiger partial charge in [0.25, 0.3) is 0 Å². The normalized spacial score (nSPS) is 22.5. The Balaban J connectivity index is 2.05. The molecule has 0 saturated carbocycles. The number of nitrogens with one attached hydrogen (secondary N) is 1. The summed E-state index contributed by atoms with van der Waals surface area (Å²) in [7, 11) is 0. The van der Waals surface area contributed by atoms with Crippen LogP contribution < -0.4 is 5.32 Å². The first-order valence-electron chi connectivity index (χ1n) is 7.15. The smallest absolute Gasteiger partial charge is 0.0507 e. The Morgan fingerprint density at radius 2 is 2.12 bits per heavy atom. The van der Waals surface area contributed by atoms with E-state index in [4.69, 9.17) is 4.74 Å². The molecule has 0 amide bonds. The maximum Gasteiger partial charge on any atom is 0.0507 e. The molecule has 96 valence electrons. The molecule has 2 unspecified atom stereocenters. The second-order valence-corrected chi connectivity index (χ2v) is 5.18. The molecule has 1 heterocycles. The highest BCUT2D eigenvalue weighted by molar-refractivity contribution is 4.69. The number of hydrogen-bond acceptors (Lipinski definition) is 2. The van der Waals surface area contributed by atoms with Crippen LogP contribution in [0.4, 0.5) is 0 Å². The molecule has 2 heteroatoms. The van der Waals surface area contributed by atoms with Crippen LogP contribution in [0.25, 0.3) is 0 Å². The minimum atomic E-state index is 0.772. The molecule has 1 aliphatic rings. The van der Waals surface area contributed by atoms with Crippen molar-refractivity contribution in [1.29, 1.82) is 0 Å². The molecule has 1 rings (SSSR count). The van der Waals surface area contributed by atoms with Crippen LogP contribution in [0.15, 0.2) is 0 Å². The third-order valence-electron chi connectivity index (χ3n) is 3.55. The van der Waals surface area contributed by atoms with Gasteiger partial charge in [0.05, 0.1) is 6.61 Å². The lowest BCUT2D eigenvalue weighted by molar-refractivity contribution is 0.185. The van der Waals surface area contributed by atoms with E-state index in [0.717, 1.165) is 31.6 Å². The van der Waals surface area contributed by atoms with Crippen LogP contribution in [0.2, 0.25) is 0 Å². The average molecular weight is 227 g/mol. The zero-order valence-corrected chi connectivity index (χ0v) is 11.1. The van der Waals surface area contributed by atoms with E-state index in [0.29, 0.717) is 0 Å². The Bertz CT molecular complexity index is 155. The van der Waals surface area contributed by atoms with E-state index in [1.54, 1.807) is 0 Å². The quantitative estimate of drug-likeness (QED) is 0.653. The Kier molecular flexibility index (Phi) is 7.87. The van der Waals surface area contributed by atoms with Gasteiger partial charge < -0.3 is 10.1 Å². The van der Waals surface area contributed by atoms with Gasteiger partial charge in [0.1, 0.15) is 0 Å². The van der Waals surface area contributed by atoms with Crippen LogP contribution in [0.3, 0.4) is 0 Å². The zero-order chi connectivity index (χ0) is 11.6. The Morgan fingerprint density at radius 1 is 1.25 bits per heavy atom. The minimum Gasteiger partial charge on any atom is -0.381 e. The summed E-state index contributed by atoms with van der Waals surface area (Å²) in [6.45, 7) is 8.90. The lowest BCUT2D eigenvalue weighted by Crippen LogP contribution is -2.28. The van der Waals surface area contributed by atoms with Crippen LogP contribution in [0, 0.1) is 11.8 Å². The number of hydrogen-bond donors (Lipinski definition) is 1. The first-order valence-corrected chi connectivity index (χ1v) is 7.15. The van der Waals surface area contributed by atoms with Gasteiger partial charge in [-0.1, -0.05) is 33.1 Å². The second-order valence-electron chi connectivity index (χ2n) is 5.18. The van der Waals surface area contributed by atoms with E-state index >= 15 is 0 Å².